The van der Waals surface area contributed by atoms with Gasteiger partial charge in [-0.05, 0) is 18.2 Å². The summed E-state index contributed by atoms with van der Waals surface area (Å²) < 4.78 is 25.4. The second kappa shape index (κ2) is 10.6. The molecule has 1 aromatic carbocycles. The highest BCUT2D eigenvalue weighted by molar-refractivity contribution is 5.90. The van der Waals surface area contributed by atoms with Crippen LogP contribution in [0.4, 0.5) is 20.6 Å². The van der Waals surface area contributed by atoms with Crippen molar-refractivity contribution in [2.75, 3.05) is 62.3 Å². The van der Waals surface area contributed by atoms with Crippen LogP contribution in [0.2, 0.25) is 0 Å². The summed E-state index contributed by atoms with van der Waals surface area (Å²) in [5.74, 6) is -1.03. The van der Waals surface area contributed by atoms with Crippen molar-refractivity contribution in [1.82, 2.24) is 10.2 Å². The van der Waals surface area contributed by atoms with Crippen LogP contribution in [0.25, 0.3) is 0 Å². The number of aliphatic hydroxyl groups excluding tert-OH is 1. The summed E-state index contributed by atoms with van der Waals surface area (Å²) in [6, 6.07) is 4.60. The lowest BCUT2D eigenvalue weighted by Crippen LogP contribution is -2.45. The SMILES string of the molecule is CC(=O)NCC(O)CN(C[C@H]1CN(c2ccc(N3CCOCC3)c(F)c2)C(=O)O1)C(C)=O. The number of carbonyl (C=O) groups is 3. The highest BCUT2D eigenvalue weighted by atomic mass is 19.1. The van der Waals surface area contributed by atoms with E-state index in [1.807, 2.05) is 4.90 Å². The van der Waals surface area contributed by atoms with Gasteiger partial charge in [0.1, 0.15) is 11.9 Å². The number of rotatable bonds is 8. The fourth-order valence-corrected chi connectivity index (χ4v) is 3.71. The second-order valence-corrected chi connectivity index (χ2v) is 7.87. The average Bonchev–Trinajstić information content (AvgIpc) is 3.12. The van der Waals surface area contributed by atoms with Gasteiger partial charge in [-0.1, -0.05) is 0 Å². The van der Waals surface area contributed by atoms with Crippen molar-refractivity contribution in [2.24, 2.45) is 0 Å². The van der Waals surface area contributed by atoms with E-state index in [-0.39, 0.29) is 38.0 Å². The smallest absolute Gasteiger partial charge is 0.414 e. The number of halogens is 1. The number of ether oxygens (including phenoxy) is 2. The molecule has 0 radical (unpaired) electrons. The highest BCUT2D eigenvalue weighted by Gasteiger charge is 2.35. The molecule has 2 saturated heterocycles. The molecule has 11 heteroatoms. The van der Waals surface area contributed by atoms with Gasteiger partial charge in [0.15, 0.2) is 0 Å². The number of aliphatic hydroxyl groups is 1. The summed E-state index contributed by atoms with van der Waals surface area (Å²) in [6.07, 6.45) is -2.23. The first-order valence-corrected chi connectivity index (χ1v) is 10.5. The first-order valence-electron chi connectivity index (χ1n) is 10.5. The maximum atomic E-state index is 14.7. The maximum absolute atomic E-state index is 14.7. The molecule has 176 valence electrons. The van der Waals surface area contributed by atoms with E-state index >= 15 is 0 Å². The van der Waals surface area contributed by atoms with Gasteiger partial charge in [-0.15, -0.1) is 0 Å². The van der Waals surface area contributed by atoms with Crippen molar-refractivity contribution in [3.8, 4) is 0 Å². The molecule has 2 atom stereocenters. The lowest BCUT2D eigenvalue weighted by Gasteiger charge is -2.29. The minimum atomic E-state index is -0.960. The maximum Gasteiger partial charge on any atom is 0.414 e. The molecule has 0 saturated carbocycles. The molecule has 1 unspecified atom stereocenters. The zero-order chi connectivity index (χ0) is 23.3. The molecule has 10 nitrogen and oxygen atoms in total. The van der Waals surface area contributed by atoms with E-state index < -0.39 is 24.1 Å². The predicted octanol–water partition coefficient (Wildman–Crippen LogP) is 0.333. The van der Waals surface area contributed by atoms with Crippen LogP contribution < -0.4 is 15.1 Å². The number of morpholine rings is 1. The zero-order valence-corrected chi connectivity index (χ0v) is 18.3. The van der Waals surface area contributed by atoms with Crippen molar-refractivity contribution in [3.63, 3.8) is 0 Å². The number of nitrogens with zero attached hydrogens (tertiary/aromatic N) is 3. The Morgan fingerprint density at radius 1 is 1.31 bits per heavy atom. The van der Waals surface area contributed by atoms with Gasteiger partial charge >= 0.3 is 6.09 Å². The van der Waals surface area contributed by atoms with Gasteiger partial charge in [-0.2, -0.15) is 0 Å². The summed E-state index contributed by atoms with van der Waals surface area (Å²) in [6.45, 7) is 5.14. The Morgan fingerprint density at radius 2 is 2.03 bits per heavy atom. The Bertz CT molecular complexity index is 848. The third-order valence-electron chi connectivity index (χ3n) is 5.36. The van der Waals surface area contributed by atoms with Gasteiger partial charge in [0.05, 0.1) is 43.8 Å². The minimum Gasteiger partial charge on any atom is -0.442 e. The quantitative estimate of drug-likeness (QED) is 0.585. The molecule has 2 fully saturated rings. The van der Waals surface area contributed by atoms with Crippen molar-refractivity contribution in [2.45, 2.75) is 26.1 Å². The average molecular weight is 452 g/mol. The van der Waals surface area contributed by atoms with E-state index in [1.54, 1.807) is 12.1 Å². The highest BCUT2D eigenvalue weighted by Crippen LogP contribution is 2.28. The largest absolute Gasteiger partial charge is 0.442 e. The van der Waals surface area contributed by atoms with E-state index in [2.05, 4.69) is 5.32 Å². The van der Waals surface area contributed by atoms with Crippen LogP contribution >= 0.6 is 0 Å². The molecule has 3 amide bonds. The Hall–Kier alpha value is -2.92. The van der Waals surface area contributed by atoms with Crippen LogP contribution in [0.1, 0.15) is 13.8 Å². The monoisotopic (exact) mass is 452 g/mol. The van der Waals surface area contributed by atoms with Crippen LogP contribution in [0.15, 0.2) is 18.2 Å². The number of hydrogen-bond acceptors (Lipinski definition) is 7. The molecular weight excluding hydrogens is 423 g/mol. The van der Waals surface area contributed by atoms with E-state index in [0.717, 1.165) is 0 Å². The summed E-state index contributed by atoms with van der Waals surface area (Å²) in [5.41, 5.74) is 0.823. The Kier molecular flexibility index (Phi) is 7.86. The minimum absolute atomic E-state index is 0.00443. The molecule has 2 heterocycles. The molecule has 2 aliphatic heterocycles. The molecule has 0 bridgehead atoms. The first-order chi connectivity index (χ1) is 15.2. The van der Waals surface area contributed by atoms with Gasteiger partial charge in [0.2, 0.25) is 11.8 Å². The molecule has 32 heavy (non-hydrogen) atoms. The number of anilines is 2. The van der Waals surface area contributed by atoms with Crippen LogP contribution in [-0.4, -0.2) is 92.6 Å². The number of amides is 3. The van der Waals surface area contributed by atoms with Gasteiger partial charge in [-0.3, -0.25) is 14.5 Å². The Morgan fingerprint density at radius 3 is 2.66 bits per heavy atom. The lowest BCUT2D eigenvalue weighted by molar-refractivity contribution is -0.131. The normalized spacial score (nSPS) is 19.5. The summed E-state index contributed by atoms with van der Waals surface area (Å²) in [5, 5.41) is 12.5. The van der Waals surface area contributed by atoms with E-state index in [9.17, 15) is 23.9 Å². The van der Waals surface area contributed by atoms with Crippen LogP contribution in [0.5, 0.6) is 0 Å². The second-order valence-electron chi connectivity index (χ2n) is 7.87. The number of carbonyl (C=O) groups excluding carboxylic acids is 3. The fraction of sp³-hybridized carbons (Fsp3) is 0.571. The van der Waals surface area contributed by atoms with Crippen molar-refractivity contribution >= 4 is 29.3 Å². The standard InChI is InChI=1S/C21H29FN4O6/c1-14(27)23-10-17(29)11-25(15(2)28)12-18-13-26(21(30)32-18)16-3-4-20(19(22)9-16)24-5-7-31-8-6-24/h3-4,9,17-18,29H,5-8,10-13H2,1-2H3,(H,23,27)/t17?,18-/m0/s1. The topological polar surface area (TPSA) is 112 Å². The Balaban J connectivity index is 1.61. The summed E-state index contributed by atoms with van der Waals surface area (Å²) >= 11 is 0. The third-order valence-corrected chi connectivity index (χ3v) is 5.36. The molecular formula is C21H29FN4O6. The number of cyclic esters (lactones) is 1. The van der Waals surface area contributed by atoms with Crippen molar-refractivity contribution in [3.05, 3.63) is 24.0 Å². The Labute approximate surface area is 185 Å². The van der Waals surface area contributed by atoms with E-state index in [4.69, 9.17) is 9.47 Å². The summed E-state index contributed by atoms with van der Waals surface area (Å²) in [4.78, 5) is 39.9. The van der Waals surface area contributed by atoms with Crippen molar-refractivity contribution < 1.29 is 33.4 Å². The molecule has 3 rings (SSSR count). The van der Waals surface area contributed by atoms with Gasteiger partial charge < -0.3 is 29.7 Å². The van der Waals surface area contributed by atoms with Gasteiger partial charge in [-0.25, -0.2) is 9.18 Å². The molecule has 0 aromatic heterocycles. The molecule has 2 N–H and O–H groups in total. The first kappa shape index (κ1) is 23.7. The van der Waals surface area contributed by atoms with Crippen LogP contribution in [-0.2, 0) is 19.1 Å². The third kappa shape index (κ3) is 6.07. The van der Waals surface area contributed by atoms with Crippen LogP contribution in [0.3, 0.4) is 0 Å². The molecule has 2 aliphatic rings. The molecule has 1 aromatic rings. The lowest BCUT2D eigenvalue weighted by atomic mass is 10.2. The molecule has 0 spiro atoms. The van der Waals surface area contributed by atoms with Crippen LogP contribution in [0, 0.1) is 5.82 Å². The number of nitrogens with one attached hydrogen (secondary N) is 1. The number of benzene rings is 1. The summed E-state index contributed by atoms with van der Waals surface area (Å²) in [7, 11) is 0. The van der Waals surface area contributed by atoms with Gasteiger partial charge in [0.25, 0.3) is 0 Å². The number of hydrogen-bond donors (Lipinski definition) is 2. The zero-order valence-electron chi connectivity index (χ0n) is 18.3. The predicted molar refractivity (Wildman–Crippen MR) is 114 cm³/mol. The van der Waals surface area contributed by atoms with E-state index in [0.29, 0.717) is 37.7 Å². The van der Waals surface area contributed by atoms with E-state index in [1.165, 1.54) is 29.7 Å². The molecule has 0 aliphatic carbocycles. The van der Waals surface area contributed by atoms with Crippen molar-refractivity contribution in [1.29, 1.82) is 0 Å². The fourth-order valence-electron chi connectivity index (χ4n) is 3.71. The van der Waals surface area contributed by atoms with Gasteiger partial charge in [0, 0.05) is 40.0 Å².